The molecule has 2 saturated carbocycles. The molecule has 1 amide bonds. The highest BCUT2D eigenvalue weighted by Crippen LogP contribution is 2.46. The van der Waals surface area contributed by atoms with Gasteiger partial charge in [-0.1, -0.05) is 12.1 Å². The highest BCUT2D eigenvalue weighted by atomic mass is 16.5. The van der Waals surface area contributed by atoms with Crippen LogP contribution in [0, 0.1) is 11.8 Å². The molecule has 2 aliphatic carbocycles. The van der Waals surface area contributed by atoms with Gasteiger partial charge < -0.3 is 9.84 Å². The summed E-state index contributed by atoms with van der Waals surface area (Å²) in [7, 11) is 0. The second-order valence-corrected chi connectivity index (χ2v) is 6.58. The molecule has 1 N–H and O–H groups in total. The van der Waals surface area contributed by atoms with Crippen molar-refractivity contribution < 1.29 is 9.32 Å². The van der Waals surface area contributed by atoms with Crippen LogP contribution in [0.25, 0.3) is 0 Å². The molecule has 5 nitrogen and oxygen atoms in total. The van der Waals surface area contributed by atoms with Crippen molar-refractivity contribution in [3.63, 3.8) is 0 Å². The van der Waals surface area contributed by atoms with Crippen LogP contribution in [0.15, 0.2) is 16.9 Å². The highest BCUT2D eigenvalue weighted by Gasteiger charge is 2.51. The number of aromatic nitrogens is 1. The monoisotopic (exact) mass is 275 g/mol. The second-order valence-electron chi connectivity index (χ2n) is 6.58. The summed E-state index contributed by atoms with van der Waals surface area (Å²) in [6, 6.07) is 3.30. The third kappa shape index (κ3) is 2.14. The molecule has 20 heavy (non-hydrogen) atoms. The maximum Gasteiger partial charge on any atom is 0.273 e. The predicted molar refractivity (Wildman–Crippen MR) is 73.2 cm³/mol. The zero-order chi connectivity index (χ0) is 13.7. The first-order valence-electron chi connectivity index (χ1n) is 7.71. The van der Waals surface area contributed by atoms with Gasteiger partial charge in [0.1, 0.15) is 6.26 Å². The third-order valence-corrected chi connectivity index (χ3v) is 5.07. The molecular weight excluding hydrogens is 254 g/mol. The minimum absolute atomic E-state index is 0.109. The van der Waals surface area contributed by atoms with E-state index in [1.807, 2.05) is 0 Å². The summed E-state index contributed by atoms with van der Waals surface area (Å²) in [6.07, 6.45) is 6.83. The number of rotatable bonds is 4. The van der Waals surface area contributed by atoms with Crippen molar-refractivity contribution in [2.24, 2.45) is 11.8 Å². The molecule has 108 valence electrons. The van der Waals surface area contributed by atoms with Gasteiger partial charge in [-0.3, -0.25) is 9.69 Å². The lowest BCUT2D eigenvalue weighted by Crippen LogP contribution is -2.40. The Bertz CT molecular complexity index is 493. The van der Waals surface area contributed by atoms with Gasteiger partial charge >= 0.3 is 0 Å². The SMILES string of the molecule is CC1C(NC(=O)c2ccon2)CN(C2CC2)C1C1CC1. The standard InChI is InChI=1S/C15H21N3O2/c1-9-13(16-15(19)12-6-7-20-17-12)8-18(11-4-5-11)14(9)10-2-3-10/h6-7,9-11,13-14H,2-5,8H2,1H3,(H,16,19). The van der Waals surface area contributed by atoms with Crippen molar-refractivity contribution in [3.8, 4) is 0 Å². The van der Waals surface area contributed by atoms with Crippen molar-refractivity contribution in [2.75, 3.05) is 6.54 Å². The first kappa shape index (κ1) is 12.4. The Hall–Kier alpha value is -1.36. The minimum Gasteiger partial charge on any atom is -0.364 e. The molecule has 3 unspecified atom stereocenters. The van der Waals surface area contributed by atoms with Crippen LogP contribution in [0.3, 0.4) is 0 Å². The topological polar surface area (TPSA) is 58.4 Å². The van der Waals surface area contributed by atoms with Crippen LogP contribution >= 0.6 is 0 Å². The fourth-order valence-corrected chi connectivity index (χ4v) is 3.74. The molecule has 1 aromatic heterocycles. The minimum atomic E-state index is -0.109. The Balaban J connectivity index is 1.46. The molecule has 3 aliphatic rings. The summed E-state index contributed by atoms with van der Waals surface area (Å²) in [5, 5.41) is 6.87. The number of carbonyl (C=O) groups is 1. The Kier molecular flexibility index (Phi) is 2.84. The van der Waals surface area contributed by atoms with Crippen molar-refractivity contribution in [3.05, 3.63) is 18.0 Å². The molecule has 0 radical (unpaired) electrons. The second kappa shape index (κ2) is 4.58. The summed E-state index contributed by atoms with van der Waals surface area (Å²) in [6.45, 7) is 3.29. The number of hydrogen-bond acceptors (Lipinski definition) is 4. The Morgan fingerprint density at radius 2 is 2.20 bits per heavy atom. The van der Waals surface area contributed by atoms with Gasteiger partial charge in [0.2, 0.25) is 0 Å². The highest BCUT2D eigenvalue weighted by molar-refractivity contribution is 5.92. The van der Waals surface area contributed by atoms with E-state index in [9.17, 15) is 4.79 Å². The van der Waals surface area contributed by atoms with Crippen molar-refractivity contribution >= 4 is 5.91 Å². The molecule has 3 fully saturated rings. The lowest BCUT2D eigenvalue weighted by Gasteiger charge is -2.26. The van der Waals surface area contributed by atoms with Crippen LogP contribution < -0.4 is 5.32 Å². The van der Waals surface area contributed by atoms with Gasteiger partial charge in [0, 0.05) is 30.7 Å². The largest absolute Gasteiger partial charge is 0.364 e. The summed E-state index contributed by atoms with van der Waals surface area (Å²) in [5.41, 5.74) is 0.380. The number of nitrogens with one attached hydrogen (secondary N) is 1. The molecule has 2 heterocycles. The van der Waals surface area contributed by atoms with Crippen LogP contribution in [0.1, 0.15) is 43.1 Å². The summed E-state index contributed by atoms with van der Waals surface area (Å²) < 4.78 is 4.74. The maximum atomic E-state index is 12.1. The molecule has 3 atom stereocenters. The third-order valence-electron chi connectivity index (χ3n) is 5.07. The van der Waals surface area contributed by atoms with E-state index in [2.05, 4.69) is 22.3 Å². The van der Waals surface area contributed by atoms with Gasteiger partial charge in [-0.15, -0.1) is 0 Å². The number of likely N-dealkylation sites (tertiary alicyclic amines) is 1. The first-order valence-corrected chi connectivity index (χ1v) is 7.71. The first-order chi connectivity index (χ1) is 9.74. The van der Waals surface area contributed by atoms with E-state index in [1.165, 1.54) is 31.9 Å². The molecule has 1 aromatic rings. The van der Waals surface area contributed by atoms with Crippen LogP contribution in [0.4, 0.5) is 0 Å². The van der Waals surface area contributed by atoms with Gasteiger partial charge in [-0.05, 0) is 37.5 Å². The van der Waals surface area contributed by atoms with E-state index in [-0.39, 0.29) is 11.9 Å². The normalized spacial score (nSPS) is 34.4. The van der Waals surface area contributed by atoms with Gasteiger partial charge in [0.25, 0.3) is 5.91 Å². The average molecular weight is 275 g/mol. The van der Waals surface area contributed by atoms with E-state index >= 15 is 0 Å². The smallest absolute Gasteiger partial charge is 0.273 e. The lowest BCUT2D eigenvalue weighted by molar-refractivity contribution is 0.0921. The van der Waals surface area contributed by atoms with Crippen LogP contribution in [-0.4, -0.2) is 40.6 Å². The van der Waals surface area contributed by atoms with Gasteiger partial charge in [-0.2, -0.15) is 0 Å². The fourth-order valence-electron chi connectivity index (χ4n) is 3.74. The Labute approximate surface area is 118 Å². The molecular formula is C15H21N3O2. The molecule has 0 spiro atoms. The summed E-state index contributed by atoms with van der Waals surface area (Å²) in [5.74, 6) is 1.28. The molecule has 0 bridgehead atoms. The Morgan fingerprint density at radius 1 is 1.40 bits per heavy atom. The maximum absolute atomic E-state index is 12.1. The molecule has 4 rings (SSSR count). The van der Waals surface area contributed by atoms with Crippen molar-refractivity contribution in [2.45, 2.75) is 50.7 Å². The van der Waals surface area contributed by atoms with Crippen LogP contribution in [-0.2, 0) is 0 Å². The molecule has 5 heteroatoms. The number of nitrogens with zero attached hydrogens (tertiary/aromatic N) is 2. The molecule has 0 aromatic carbocycles. The van der Waals surface area contributed by atoms with E-state index in [0.29, 0.717) is 17.7 Å². The van der Waals surface area contributed by atoms with Gasteiger partial charge in [-0.25, -0.2) is 0 Å². The quantitative estimate of drug-likeness (QED) is 0.908. The molecule has 1 saturated heterocycles. The van der Waals surface area contributed by atoms with E-state index in [1.54, 1.807) is 6.07 Å². The van der Waals surface area contributed by atoms with E-state index < -0.39 is 0 Å². The average Bonchev–Trinajstić information content (AvgIpc) is 3.36. The molecule has 1 aliphatic heterocycles. The number of carbonyl (C=O) groups excluding carboxylic acids is 1. The van der Waals surface area contributed by atoms with E-state index in [4.69, 9.17) is 4.52 Å². The Morgan fingerprint density at radius 3 is 2.80 bits per heavy atom. The number of hydrogen-bond donors (Lipinski definition) is 1. The fraction of sp³-hybridized carbons (Fsp3) is 0.733. The predicted octanol–water partition coefficient (Wildman–Crippen LogP) is 1.67. The lowest BCUT2D eigenvalue weighted by atomic mass is 9.95. The van der Waals surface area contributed by atoms with E-state index in [0.717, 1.165) is 18.5 Å². The van der Waals surface area contributed by atoms with Crippen LogP contribution in [0.5, 0.6) is 0 Å². The zero-order valence-electron chi connectivity index (χ0n) is 11.8. The summed E-state index contributed by atoms with van der Waals surface area (Å²) >= 11 is 0. The zero-order valence-corrected chi connectivity index (χ0v) is 11.8. The van der Waals surface area contributed by atoms with Crippen molar-refractivity contribution in [1.82, 2.24) is 15.4 Å². The van der Waals surface area contributed by atoms with Gasteiger partial charge in [0.15, 0.2) is 5.69 Å². The van der Waals surface area contributed by atoms with Gasteiger partial charge in [0.05, 0.1) is 0 Å². The number of amides is 1. The van der Waals surface area contributed by atoms with Crippen molar-refractivity contribution in [1.29, 1.82) is 0 Å². The summed E-state index contributed by atoms with van der Waals surface area (Å²) in [4.78, 5) is 14.8. The van der Waals surface area contributed by atoms with Crippen LogP contribution in [0.2, 0.25) is 0 Å².